The van der Waals surface area contributed by atoms with Gasteiger partial charge in [0, 0.05) is 12.3 Å². The van der Waals surface area contributed by atoms with E-state index in [1.54, 1.807) is 24.3 Å². The van der Waals surface area contributed by atoms with Crippen LogP contribution in [0.1, 0.15) is 38.7 Å². The van der Waals surface area contributed by atoms with Gasteiger partial charge in [0.25, 0.3) is 0 Å². The number of ketones is 3. The topological polar surface area (TPSA) is 80.7 Å². The molecule has 4 atom stereocenters. The Hall–Kier alpha value is -2.01. The molecule has 0 unspecified atom stereocenters. The van der Waals surface area contributed by atoms with Crippen molar-refractivity contribution in [1.82, 2.24) is 0 Å². The maximum atomic E-state index is 12.4. The molecule has 0 spiro atoms. The molecular formula is C18H22O5. The highest BCUT2D eigenvalue weighted by Gasteiger charge is 2.53. The summed E-state index contributed by atoms with van der Waals surface area (Å²) in [5, 5.41) is 10.6. The predicted octanol–water partition coefficient (Wildman–Crippen LogP) is 1.91. The van der Waals surface area contributed by atoms with Crippen molar-refractivity contribution in [3.05, 3.63) is 29.8 Å². The van der Waals surface area contributed by atoms with Crippen molar-refractivity contribution in [2.45, 2.75) is 38.7 Å². The zero-order valence-electron chi connectivity index (χ0n) is 13.8. The molecule has 1 aliphatic carbocycles. The van der Waals surface area contributed by atoms with E-state index in [-0.39, 0.29) is 23.8 Å². The number of aliphatic hydroxyl groups is 1. The first-order chi connectivity index (χ1) is 10.7. The Morgan fingerprint density at radius 1 is 1.26 bits per heavy atom. The minimum Gasteiger partial charge on any atom is -0.497 e. The lowest BCUT2D eigenvalue weighted by atomic mass is 9.60. The Balaban J connectivity index is 2.64. The molecule has 0 radical (unpaired) electrons. The van der Waals surface area contributed by atoms with Gasteiger partial charge in [0.15, 0.2) is 0 Å². The lowest BCUT2D eigenvalue weighted by Gasteiger charge is -2.44. The van der Waals surface area contributed by atoms with Gasteiger partial charge in [0.2, 0.25) is 0 Å². The van der Waals surface area contributed by atoms with E-state index in [1.165, 1.54) is 27.9 Å². The van der Waals surface area contributed by atoms with Gasteiger partial charge >= 0.3 is 0 Å². The molecule has 5 nitrogen and oxygen atoms in total. The molecule has 2 rings (SSSR count). The van der Waals surface area contributed by atoms with E-state index in [2.05, 4.69) is 0 Å². The zero-order chi connectivity index (χ0) is 17.4. The molecule has 0 amide bonds. The second-order valence-corrected chi connectivity index (χ2v) is 6.48. The molecule has 5 heteroatoms. The fourth-order valence-corrected chi connectivity index (χ4v) is 3.76. The Bertz CT molecular complexity index is 647. The summed E-state index contributed by atoms with van der Waals surface area (Å²) in [6.07, 6.45) is -0.192. The average Bonchev–Trinajstić information content (AvgIpc) is 2.44. The largest absolute Gasteiger partial charge is 0.497 e. The molecule has 1 aromatic rings. The third kappa shape index (κ3) is 3.20. The molecule has 0 heterocycles. The molecule has 1 saturated carbocycles. The van der Waals surface area contributed by atoms with Crippen molar-refractivity contribution < 1.29 is 24.2 Å². The molecule has 23 heavy (non-hydrogen) atoms. The first-order valence-corrected chi connectivity index (χ1v) is 7.59. The SMILES string of the molecule is COc1cccc([C@@H]2[C@@H](C(C)=O)C(=O)C[C@](C)(O)[C@H]2C(C)=O)c1. The highest BCUT2D eigenvalue weighted by molar-refractivity contribution is 6.05. The second kappa shape index (κ2) is 6.24. The monoisotopic (exact) mass is 318 g/mol. The van der Waals surface area contributed by atoms with Gasteiger partial charge in [-0.05, 0) is 38.5 Å². The molecule has 1 fully saturated rings. The van der Waals surface area contributed by atoms with Crippen LogP contribution in [0.25, 0.3) is 0 Å². The number of ether oxygens (including phenoxy) is 1. The highest BCUT2D eigenvalue weighted by Crippen LogP contribution is 2.46. The predicted molar refractivity (Wildman–Crippen MR) is 84.3 cm³/mol. The van der Waals surface area contributed by atoms with Crippen molar-refractivity contribution in [3.63, 3.8) is 0 Å². The van der Waals surface area contributed by atoms with Gasteiger partial charge in [-0.2, -0.15) is 0 Å². The average molecular weight is 318 g/mol. The fourth-order valence-electron chi connectivity index (χ4n) is 3.76. The standard InChI is InChI=1S/C18H22O5/c1-10(19)15-14(21)9-18(3,22)17(11(2)20)16(15)12-6-5-7-13(8-12)23-4/h5-8,15-17,22H,9H2,1-4H3/t15-,16+,17-,18-/m0/s1. The van der Waals surface area contributed by atoms with Crippen LogP contribution in [0.5, 0.6) is 5.75 Å². The van der Waals surface area contributed by atoms with Crippen LogP contribution in [0.2, 0.25) is 0 Å². The number of hydrogen-bond donors (Lipinski definition) is 1. The Morgan fingerprint density at radius 2 is 1.91 bits per heavy atom. The lowest BCUT2D eigenvalue weighted by molar-refractivity contribution is -0.151. The van der Waals surface area contributed by atoms with Crippen molar-refractivity contribution >= 4 is 17.3 Å². The van der Waals surface area contributed by atoms with Gasteiger partial charge in [-0.25, -0.2) is 0 Å². The molecule has 0 bridgehead atoms. The second-order valence-electron chi connectivity index (χ2n) is 6.48. The Kier molecular flexibility index (Phi) is 4.71. The maximum Gasteiger partial charge on any atom is 0.146 e. The van der Waals surface area contributed by atoms with Crippen LogP contribution in [0.3, 0.4) is 0 Å². The molecule has 0 aliphatic heterocycles. The number of carbonyl (C=O) groups is 3. The minimum atomic E-state index is -1.47. The van der Waals surface area contributed by atoms with E-state index in [0.717, 1.165) is 0 Å². The number of benzene rings is 1. The van der Waals surface area contributed by atoms with E-state index in [9.17, 15) is 19.5 Å². The van der Waals surface area contributed by atoms with Gasteiger partial charge in [-0.15, -0.1) is 0 Å². The minimum absolute atomic E-state index is 0.192. The van der Waals surface area contributed by atoms with E-state index in [0.29, 0.717) is 11.3 Å². The molecule has 1 N–H and O–H groups in total. The zero-order valence-corrected chi connectivity index (χ0v) is 13.8. The van der Waals surface area contributed by atoms with Crippen LogP contribution in [-0.2, 0) is 14.4 Å². The first kappa shape index (κ1) is 17.3. The number of Topliss-reactive ketones (excluding diaryl/α,β-unsaturated/α-hetero) is 3. The lowest BCUT2D eigenvalue weighted by Crippen LogP contribution is -2.53. The molecule has 0 saturated heterocycles. The third-order valence-corrected chi connectivity index (χ3v) is 4.62. The third-order valence-electron chi connectivity index (χ3n) is 4.62. The van der Waals surface area contributed by atoms with Crippen LogP contribution in [0, 0.1) is 11.8 Å². The summed E-state index contributed by atoms with van der Waals surface area (Å²) < 4.78 is 5.20. The maximum absolute atomic E-state index is 12.4. The smallest absolute Gasteiger partial charge is 0.146 e. The highest BCUT2D eigenvalue weighted by atomic mass is 16.5. The first-order valence-electron chi connectivity index (χ1n) is 7.59. The Labute approximate surface area is 135 Å². The Morgan fingerprint density at radius 3 is 2.43 bits per heavy atom. The summed E-state index contributed by atoms with van der Waals surface area (Å²) in [6, 6.07) is 6.97. The summed E-state index contributed by atoms with van der Waals surface area (Å²) in [6.45, 7) is 4.23. The van der Waals surface area contributed by atoms with Gasteiger partial charge in [0.1, 0.15) is 23.1 Å². The number of hydrogen-bond acceptors (Lipinski definition) is 5. The van der Waals surface area contributed by atoms with Crippen LogP contribution < -0.4 is 4.74 Å². The summed E-state index contributed by atoms with van der Waals surface area (Å²) in [5.41, 5.74) is -0.819. The number of rotatable bonds is 4. The van der Waals surface area contributed by atoms with Gasteiger partial charge < -0.3 is 9.84 Å². The summed E-state index contributed by atoms with van der Waals surface area (Å²) in [5.74, 6) is -2.70. The van der Waals surface area contributed by atoms with E-state index in [4.69, 9.17) is 4.74 Å². The molecular weight excluding hydrogens is 296 g/mol. The summed E-state index contributed by atoms with van der Waals surface area (Å²) in [7, 11) is 1.52. The van der Waals surface area contributed by atoms with Crippen molar-refractivity contribution in [1.29, 1.82) is 0 Å². The fraction of sp³-hybridized carbons (Fsp3) is 0.500. The normalized spacial score (nSPS) is 30.8. The molecule has 0 aromatic heterocycles. The van der Waals surface area contributed by atoms with Gasteiger partial charge in [0.05, 0.1) is 24.5 Å². The van der Waals surface area contributed by atoms with Crippen molar-refractivity contribution in [2.75, 3.05) is 7.11 Å². The van der Waals surface area contributed by atoms with Crippen LogP contribution in [0.4, 0.5) is 0 Å². The number of methoxy groups -OCH3 is 1. The van der Waals surface area contributed by atoms with Gasteiger partial charge in [-0.1, -0.05) is 12.1 Å². The summed E-state index contributed by atoms with van der Waals surface area (Å²) in [4.78, 5) is 36.7. The van der Waals surface area contributed by atoms with Crippen LogP contribution in [-0.4, -0.2) is 35.2 Å². The molecule has 1 aromatic carbocycles. The molecule has 124 valence electrons. The van der Waals surface area contributed by atoms with E-state index < -0.39 is 23.4 Å². The van der Waals surface area contributed by atoms with Crippen molar-refractivity contribution in [2.24, 2.45) is 11.8 Å². The van der Waals surface area contributed by atoms with E-state index >= 15 is 0 Å². The summed E-state index contributed by atoms with van der Waals surface area (Å²) >= 11 is 0. The van der Waals surface area contributed by atoms with Crippen LogP contribution in [0.15, 0.2) is 24.3 Å². The van der Waals surface area contributed by atoms with Crippen molar-refractivity contribution in [3.8, 4) is 5.75 Å². The van der Waals surface area contributed by atoms with E-state index in [1.807, 2.05) is 0 Å². The number of carbonyl (C=O) groups excluding carboxylic acids is 3. The van der Waals surface area contributed by atoms with Crippen LogP contribution >= 0.6 is 0 Å². The van der Waals surface area contributed by atoms with Gasteiger partial charge in [-0.3, -0.25) is 14.4 Å². The molecule has 1 aliphatic rings. The quantitative estimate of drug-likeness (QED) is 0.858.